The predicted octanol–water partition coefficient (Wildman–Crippen LogP) is 4.83. The standard InChI is InChI=1S/C15H23Cl/c1-4-7-12(2)15(11-16)10-14-9-6-5-8-13(14)3/h5-6,8-9,12,15H,4,7,10-11H2,1-3H3. The molecule has 0 radical (unpaired) electrons. The van der Waals surface area contributed by atoms with E-state index in [0.717, 1.165) is 18.2 Å². The average Bonchev–Trinajstić information content (AvgIpc) is 2.28. The maximum atomic E-state index is 6.10. The lowest BCUT2D eigenvalue weighted by Crippen LogP contribution is -2.16. The lowest BCUT2D eigenvalue weighted by atomic mass is 9.85. The van der Waals surface area contributed by atoms with Crippen molar-refractivity contribution in [2.45, 2.75) is 40.0 Å². The van der Waals surface area contributed by atoms with Crippen molar-refractivity contribution in [3.63, 3.8) is 0 Å². The van der Waals surface area contributed by atoms with E-state index in [1.54, 1.807) is 0 Å². The number of halogens is 1. The second-order valence-electron chi connectivity index (χ2n) is 4.81. The minimum atomic E-state index is 0.614. The molecule has 0 spiro atoms. The summed E-state index contributed by atoms with van der Waals surface area (Å²) in [7, 11) is 0. The fourth-order valence-corrected chi connectivity index (χ4v) is 2.63. The zero-order valence-corrected chi connectivity index (χ0v) is 11.4. The molecule has 0 aliphatic heterocycles. The van der Waals surface area contributed by atoms with Gasteiger partial charge in [-0.15, -0.1) is 11.6 Å². The Morgan fingerprint density at radius 1 is 1.25 bits per heavy atom. The minimum Gasteiger partial charge on any atom is -0.126 e. The van der Waals surface area contributed by atoms with Crippen molar-refractivity contribution in [3.8, 4) is 0 Å². The number of aryl methyl sites for hydroxylation is 1. The second-order valence-corrected chi connectivity index (χ2v) is 5.12. The molecule has 0 saturated carbocycles. The van der Waals surface area contributed by atoms with Gasteiger partial charge in [0.15, 0.2) is 0 Å². The van der Waals surface area contributed by atoms with Gasteiger partial charge < -0.3 is 0 Å². The minimum absolute atomic E-state index is 0.614. The van der Waals surface area contributed by atoms with Crippen molar-refractivity contribution in [3.05, 3.63) is 35.4 Å². The average molecular weight is 239 g/mol. The van der Waals surface area contributed by atoms with Gasteiger partial charge in [-0.05, 0) is 36.3 Å². The first-order chi connectivity index (χ1) is 7.69. The second kappa shape index (κ2) is 6.96. The Labute approximate surface area is 105 Å². The summed E-state index contributed by atoms with van der Waals surface area (Å²) in [5.74, 6) is 2.11. The SMILES string of the molecule is CCCC(C)C(CCl)Cc1ccccc1C. The third-order valence-electron chi connectivity index (χ3n) is 3.49. The highest BCUT2D eigenvalue weighted by Crippen LogP contribution is 2.24. The summed E-state index contributed by atoms with van der Waals surface area (Å²) in [5.41, 5.74) is 2.84. The summed E-state index contributed by atoms with van der Waals surface area (Å²) in [4.78, 5) is 0. The van der Waals surface area contributed by atoms with Gasteiger partial charge in [0, 0.05) is 5.88 Å². The van der Waals surface area contributed by atoms with E-state index in [1.807, 2.05) is 0 Å². The normalized spacial score (nSPS) is 14.8. The third kappa shape index (κ3) is 3.83. The van der Waals surface area contributed by atoms with Gasteiger partial charge >= 0.3 is 0 Å². The van der Waals surface area contributed by atoms with Gasteiger partial charge in [0.05, 0.1) is 0 Å². The third-order valence-corrected chi connectivity index (χ3v) is 3.89. The van der Waals surface area contributed by atoms with Gasteiger partial charge in [-0.3, -0.25) is 0 Å². The Hall–Kier alpha value is -0.490. The van der Waals surface area contributed by atoms with Gasteiger partial charge in [0.25, 0.3) is 0 Å². The highest BCUT2D eigenvalue weighted by Gasteiger charge is 2.16. The van der Waals surface area contributed by atoms with Crippen LogP contribution >= 0.6 is 11.6 Å². The van der Waals surface area contributed by atoms with Crippen LogP contribution in [0.15, 0.2) is 24.3 Å². The van der Waals surface area contributed by atoms with Gasteiger partial charge in [-0.2, -0.15) is 0 Å². The molecule has 0 nitrogen and oxygen atoms in total. The van der Waals surface area contributed by atoms with E-state index in [9.17, 15) is 0 Å². The van der Waals surface area contributed by atoms with Crippen LogP contribution in [0.4, 0.5) is 0 Å². The Morgan fingerprint density at radius 3 is 2.50 bits per heavy atom. The summed E-state index contributed by atoms with van der Waals surface area (Å²) in [6.45, 7) is 6.76. The molecule has 0 amide bonds. The molecular formula is C15H23Cl. The molecule has 16 heavy (non-hydrogen) atoms. The topological polar surface area (TPSA) is 0 Å². The van der Waals surface area contributed by atoms with Crippen LogP contribution in [-0.4, -0.2) is 5.88 Å². The smallest absolute Gasteiger partial charge is 0.0257 e. The molecule has 1 aromatic carbocycles. The number of hydrogen-bond acceptors (Lipinski definition) is 0. The van der Waals surface area contributed by atoms with Gasteiger partial charge in [-0.25, -0.2) is 0 Å². The Morgan fingerprint density at radius 2 is 1.94 bits per heavy atom. The van der Waals surface area contributed by atoms with Crippen LogP contribution in [0.2, 0.25) is 0 Å². The van der Waals surface area contributed by atoms with Crippen molar-refractivity contribution in [1.29, 1.82) is 0 Å². The zero-order chi connectivity index (χ0) is 12.0. The quantitative estimate of drug-likeness (QED) is 0.623. The van der Waals surface area contributed by atoms with Crippen LogP contribution in [0, 0.1) is 18.8 Å². The Balaban J connectivity index is 2.66. The van der Waals surface area contributed by atoms with E-state index < -0.39 is 0 Å². The molecule has 1 heteroatoms. The molecule has 0 heterocycles. The molecule has 90 valence electrons. The van der Waals surface area contributed by atoms with E-state index in [2.05, 4.69) is 45.0 Å². The first-order valence-electron chi connectivity index (χ1n) is 6.29. The molecular weight excluding hydrogens is 216 g/mol. The fraction of sp³-hybridized carbons (Fsp3) is 0.600. The van der Waals surface area contributed by atoms with Crippen LogP contribution in [0.1, 0.15) is 37.8 Å². The van der Waals surface area contributed by atoms with Crippen LogP contribution in [0.3, 0.4) is 0 Å². The van der Waals surface area contributed by atoms with E-state index >= 15 is 0 Å². The zero-order valence-electron chi connectivity index (χ0n) is 10.7. The van der Waals surface area contributed by atoms with E-state index in [0.29, 0.717) is 5.92 Å². The van der Waals surface area contributed by atoms with Crippen molar-refractivity contribution >= 4 is 11.6 Å². The molecule has 1 rings (SSSR count). The first-order valence-corrected chi connectivity index (χ1v) is 6.83. The molecule has 0 aromatic heterocycles. The Bertz CT molecular complexity index is 306. The van der Waals surface area contributed by atoms with E-state index in [-0.39, 0.29) is 0 Å². The number of benzene rings is 1. The van der Waals surface area contributed by atoms with Crippen molar-refractivity contribution in [2.75, 3.05) is 5.88 Å². The van der Waals surface area contributed by atoms with Crippen molar-refractivity contribution in [2.24, 2.45) is 11.8 Å². The Kier molecular flexibility index (Phi) is 5.90. The highest BCUT2D eigenvalue weighted by molar-refractivity contribution is 6.18. The molecule has 2 atom stereocenters. The van der Waals surface area contributed by atoms with Gasteiger partial charge in [-0.1, -0.05) is 51.0 Å². The van der Waals surface area contributed by atoms with Crippen molar-refractivity contribution in [1.82, 2.24) is 0 Å². The molecule has 0 saturated heterocycles. The molecule has 0 aliphatic rings. The number of rotatable bonds is 6. The number of hydrogen-bond donors (Lipinski definition) is 0. The summed E-state index contributed by atoms with van der Waals surface area (Å²) in [6.07, 6.45) is 3.66. The van der Waals surface area contributed by atoms with Crippen molar-refractivity contribution < 1.29 is 0 Å². The first kappa shape index (κ1) is 13.6. The molecule has 0 bridgehead atoms. The van der Waals surface area contributed by atoms with Gasteiger partial charge in [0.2, 0.25) is 0 Å². The maximum absolute atomic E-state index is 6.10. The largest absolute Gasteiger partial charge is 0.126 e. The van der Waals surface area contributed by atoms with Crippen LogP contribution in [0.5, 0.6) is 0 Å². The van der Waals surface area contributed by atoms with Crippen LogP contribution in [0.25, 0.3) is 0 Å². The molecule has 0 fully saturated rings. The lowest BCUT2D eigenvalue weighted by molar-refractivity contribution is 0.363. The highest BCUT2D eigenvalue weighted by atomic mass is 35.5. The van der Waals surface area contributed by atoms with E-state index in [1.165, 1.54) is 24.0 Å². The molecule has 1 aromatic rings. The van der Waals surface area contributed by atoms with E-state index in [4.69, 9.17) is 11.6 Å². The monoisotopic (exact) mass is 238 g/mol. The van der Waals surface area contributed by atoms with Gasteiger partial charge in [0.1, 0.15) is 0 Å². The summed E-state index contributed by atoms with van der Waals surface area (Å²) in [6, 6.07) is 8.64. The summed E-state index contributed by atoms with van der Waals surface area (Å²) in [5, 5.41) is 0. The maximum Gasteiger partial charge on any atom is 0.0257 e. The fourth-order valence-electron chi connectivity index (χ4n) is 2.22. The summed E-state index contributed by atoms with van der Waals surface area (Å²) >= 11 is 6.10. The molecule has 0 N–H and O–H groups in total. The van der Waals surface area contributed by atoms with Crippen LogP contribution in [-0.2, 0) is 6.42 Å². The lowest BCUT2D eigenvalue weighted by Gasteiger charge is -2.22. The number of alkyl halides is 1. The predicted molar refractivity (Wildman–Crippen MR) is 73.2 cm³/mol. The summed E-state index contributed by atoms with van der Waals surface area (Å²) < 4.78 is 0. The van der Waals surface area contributed by atoms with Crippen LogP contribution < -0.4 is 0 Å². The molecule has 0 aliphatic carbocycles. The molecule has 2 unspecified atom stereocenters.